The van der Waals surface area contributed by atoms with Crippen LogP contribution in [0.25, 0.3) is 0 Å². The van der Waals surface area contributed by atoms with E-state index in [0.29, 0.717) is 25.9 Å². The standard InChI is InChI=1S/C14H27N3O2/c1-4-14(5-2)17-7-6-13(16-17)10-12(15)11-19-9-8-18-3/h6-7,12,14H,4-5,8-11,15H2,1-3H3. The van der Waals surface area contributed by atoms with E-state index in [0.717, 1.165) is 25.0 Å². The van der Waals surface area contributed by atoms with Crippen LogP contribution in [0.5, 0.6) is 0 Å². The van der Waals surface area contributed by atoms with Gasteiger partial charge in [0.2, 0.25) is 0 Å². The first kappa shape index (κ1) is 16.1. The molecule has 2 N–H and O–H groups in total. The Bertz CT molecular complexity index is 337. The van der Waals surface area contributed by atoms with Crippen molar-refractivity contribution in [2.75, 3.05) is 26.9 Å². The lowest BCUT2D eigenvalue weighted by Gasteiger charge is -2.13. The lowest BCUT2D eigenvalue weighted by atomic mass is 10.2. The van der Waals surface area contributed by atoms with Gasteiger partial charge in [0, 0.05) is 25.8 Å². The second-order valence-electron chi connectivity index (χ2n) is 4.79. The summed E-state index contributed by atoms with van der Waals surface area (Å²) in [6, 6.07) is 2.53. The van der Waals surface area contributed by atoms with E-state index in [2.05, 4.69) is 18.9 Å². The molecule has 0 aliphatic heterocycles. The Kier molecular flexibility index (Phi) is 7.70. The third-order valence-electron chi connectivity index (χ3n) is 3.22. The number of nitrogens with two attached hydrogens (primary N) is 1. The number of rotatable bonds is 10. The average molecular weight is 269 g/mol. The van der Waals surface area contributed by atoms with Crippen LogP contribution in [0.3, 0.4) is 0 Å². The van der Waals surface area contributed by atoms with Crippen molar-refractivity contribution in [2.24, 2.45) is 5.73 Å². The van der Waals surface area contributed by atoms with Gasteiger partial charge in [-0.05, 0) is 18.9 Å². The molecule has 1 rings (SSSR count). The largest absolute Gasteiger partial charge is 0.382 e. The first-order chi connectivity index (χ1) is 9.21. The predicted molar refractivity (Wildman–Crippen MR) is 76.2 cm³/mol. The quantitative estimate of drug-likeness (QED) is 0.658. The van der Waals surface area contributed by atoms with Crippen molar-refractivity contribution in [3.8, 4) is 0 Å². The molecule has 0 amide bonds. The van der Waals surface area contributed by atoms with Crippen molar-refractivity contribution < 1.29 is 9.47 Å². The summed E-state index contributed by atoms with van der Waals surface area (Å²) >= 11 is 0. The second-order valence-corrected chi connectivity index (χ2v) is 4.79. The zero-order valence-electron chi connectivity index (χ0n) is 12.3. The minimum atomic E-state index is -0.0121. The van der Waals surface area contributed by atoms with Crippen LogP contribution >= 0.6 is 0 Å². The fourth-order valence-corrected chi connectivity index (χ4v) is 2.06. The van der Waals surface area contributed by atoms with Crippen molar-refractivity contribution >= 4 is 0 Å². The van der Waals surface area contributed by atoms with Crippen LogP contribution in [0.4, 0.5) is 0 Å². The normalized spacial score (nSPS) is 13.1. The summed E-state index contributed by atoms with van der Waals surface area (Å²) in [4.78, 5) is 0. The molecule has 0 radical (unpaired) electrons. The van der Waals surface area contributed by atoms with Crippen LogP contribution in [-0.2, 0) is 15.9 Å². The summed E-state index contributed by atoms with van der Waals surface area (Å²) in [5, 5.41) is 4.59. The Morgan fingerprint density at radius 2 is 2.05 bits per heavy atom. The first-order valence-corrected chi connectivity index (χ1v) is 7.07. The maximum absolute atomic E-state index is 6.02. The molecule has 1 heterocycles. The summed E-state index contributed by atoms with van der Waals surface area (Å²) in [6.07, 6.45) is 5.00. The highest BCUT2D eigenvalue weighted by atomic mass is 16.5. The predicted octanol–water partition coefficient (Wildman–Crippen LogP) is 1.78. The maximum atomic E-state index is 6.02. The molecular formula is C14H27N3O2. The van der Waals surface area contributed by atoms with Crippen molar-refractivity contribution in [2.45, 2.75) is 45.2 Å². The third kappa shape index (κ3) is 5.72. The summed E-state index contributed by atoms with van der Waals surface area (Å²) in [6.45, 7) is 6.11. The fraction of sp³-hybridized carbons (Fsp3) is 0.786. The number of methoxy groups -OCH3 is 1. The highest BCUT2D eigenvalue weighted by molar-refractivity contribution is 5.02. The molecule has 0 aliphatic carbocycles. The van der Waals surface area contributed by atoms with Gasteiger partial charge in [0.05, 0.1) is 31.6 Å². The van der Waals surface area contributed by atoms with Crippen molar-refractivity contribution in [3.63, 3.8) is 0 Å². The monoisotopic (exact) mass is 269 g/mol. The van der Waals surface area contributed by atoms with E-state index >= 15 is 0 Å². The van der Waals surface area contributed by atoms with E-state index in [4.69, 9.17) is 15.2 Å². The molecule has 110 valence electrons. The van der Waals surface area contributed by atoms with Gasteiger partial charge in [0.1, 0.15) is 0 Å². The Hall–Kier alpha value is -0.910. The second kappa shape index (κ2) is 9.07. The van der Waals surface area contributed by atoms with Gasteiger partial charge in [0.15, 0.2) is 0 Å². The van der Waals surface area contributed by atoms with E-state index in [1.165, 1.54) is 0 Å². The Morgan fingerprint density at radius 1 is 1.32 bits per heavy atom. The highest BCUT2D eigenvalue weighted by Crippen LogP contribution is 2.14. The van der Waals surface area contributed by atoms with E-state index < -0.39 is 0 Å². The van der Waals surface area contributed by atoms with Gasteiger partial charge >= 0.3 is 0 Å². The third-order valence-corrected chi connectivity index (χ3v) is 3.22. The molecule has 5 nitrogen and oxygen atoms in total. The first-order valence-electron chi connectivity index (χ1n) is 7.07. The molecule has 1 aromatic rings. The summed E-state index contributed by atoms with van der Waals surface area (Å²) in [5.74, 6) is 0. The van der Waals surface area contributed by atoms with E-state index in [1.54, 1.807) is 7.11 Å². The van der Waals surface area contributed by atoms with E-state index in [1.807, 2.05) is 16.9 Å². The number of hydrogen-bond acceptors (Lipinski definition) is 4. The van der Waals surface area contributed by atoms with E-state index in [-0.39, 0.29) is 6.04 Å². The van der Waals surface area contributed by atoms with Gasteiger partial charge in [-0.25, -0.2) is 0 Å². The van der Waals surface area contributed by atoms with Gasteiger partial charge in [-0.3, -0.25) is 4.68 Å². The molecule has 5 heteroatoms. The zero-order chi connectivity index (χ0) is 14.1. The number of nitrogens with zero attached hydrogens (tertiary/aromatic N) is 2. The molecule has 0 bridgehead atoms. The Morgan fingerprint density at radius 3 is 2.68 bits per heavy atom. The van der Waals surface area contributed by atoms with Crippen LogP contribution in [0.1, 0.15) is 38.4 Å². The van der Waals surface area contributed by atoms with Crippen LogP contribution in [0.15, 0.2) is 12.3 Å². The van der Waals surface area contributed by atoms with Gasteiger partial charge in [0.25, 0.3) is 0 Å². The van der Waals surface area contributed by atoms with Gasteiger partial charge in [-0.15, -0.1) is 0 Å². The molecule has 1 aromatic heterocycles. The summed E-state index contributed by atoms with van der Waals surface area (Å²) < 4.78 is 12.4. The molecule has 0 saturated heterocycles. The van der Waals surface area contributed by atoms with E-state index in [9.17, 15) is 0 Å². The average Bonchev–Trinajstić information content (AvgIpc) is 2.84. The fourth-order valence-electron chi connectivity index (χ4n) is 2.06. The maximum Gasteiger partial charge on any atom is 0.0701 e. The molecule has 0 aliphatic rings. The van der Waals surface area contributed by atoms with Gasteiger partial charge in [-0.1, -0.05) is 13.8 Å². The van der Waals surface area contributed by atoms with Crippen molar-refractivity contribution in [1.82, 2.24) is 9.78 Å². The Balaban J connectivity index is 2.36. The van der Waals surface area contributed by atoms with Crippen LogP contribution in [0, 0.1) is 0 Å². The smallest absolute Gasteiger partial charge is 0.0701 e. The molecular weight excluding hydrogens is 242 g/mol. The van der Waals surface area contributed by atoms with Crippen LogP contribution in [-0.4, -0.2) is 42.8 Å². The summed E-state index contributed by atoms with van der Waals surface area (Å²) in [7, 11) is 1.66. The molecule has 0 fully saturated rings. The molecule has 1 atom stereocenters. The number of aromatic nitrogens is 2. The van der Waals surface area contributed by atoms with Gasteiger partial charge < -0.3 is 15.2 Å². The zero-order valence-corrected chi connectivity index (χ0v) is 12.3. The molecule has 19 heavy (non-hydrogen) atoms. The number of ether oxygens (including phenoxy) is 2. The van der Waals surface area contributed by atoms with Gasteiger partial charge in [-0.2, -0.15) is 5.10 Å². The lowest BCUT2D eigenvalue weighted by Crippen LogP contribution is -2.29. The molecule has 0 aromatic carbocycles. The highest BCUT2D eigenvalue weighted by Gasteiger charge is 2.10. The van der Waals surface area contributed by atoms with Crippen LogP contribution < -0.4 is 5.73 Å². The number of hydrogen-bond donors (Lipinski definition) is 1. The lowest BCUT2D eigenvalue weighted by molar-refractivity contribution is 0.0636. The topological polar surface area (TPSA) is 62.3 Å². The van der Waals surface area contributed by atoms with Crippen molar-refractivity contribution in [1.29, 1.82) is 0 Å². The minimum Gasteiger partial charge on any atom is -0.382 e. The van der Waals surface area contributed by atoms with Crippen molar-refractivity contribution in [3.05, 3.63) is 18.0 Å². The van der Waals surface area contributed by atoms with Crippen LogP contribution in [0.2, 0.25) is 0 Å². The minimum absolute atomic E-state index is 0.0121. The molecule has 0 saturated carbocycles. The molecule has 0 spiro atoms. The SMILES string of the molecule is CCC(CC)n1ccc(CC(N)COCCOC)n1. The summed E-state index contributed by atoms with van der Waals surface area (Å²) in [5.41, 5.74) is 7.06. The Labute approximate surface area is 116 Å². The molecule has 1 unspecified atom stereocenters.